The van der Waals surface area contributed by atoms with E-state index < -0.39 is 17.7 Å². The Balaban J connectivity index is 0.00000144. The molecular weight excluding hydrogens is 198 g/mol. The largest absolute Gasteiger partial charge is 0.329 e. The Morgan fingerprint density at radius 1 is 1.31 bits per heavy atom. The lowest BCUT2D eigenvalue weighted by Crippen LogP contribution is -2.21. The summed E-state index contributed by atoms with van der Waals surface area (Å²) < 4.78 is 25.3. The molecule has 0 spiro atoms. The van der Waals surface area contributed by atoms with Crippen LogP contribution in [0.2, 0.25) is 0 Å². The normalized spacial score (nSPS) is 12.0. The molecule has 1 aromatic rings. The monoisotopic (exact) mass is 208 g/mol. The Kier molecular flexibility index (Phi) is 4.83. The first kappa shape index (κ1) is 12.3. The zero-order chi connectivity index (χ0) is 9.14. The molecule has 13 heavy (non-hydrogen) atoms. The maximum atomic E-state index is 12.9. The first-order valence-electron chi connectivity index (χ1n) is 3.55. The third-order valence-electron chi connectivity index (χ3n) is 1.62. The van der Waals surface area contributed by atoms with Crippen LogP contribution < -0.4 is 11.5 Å². The molecule has 0 aliphatic carbocycles. The molecule has 0 amide bonds. The van der Waals surface area contributed by atoms with Crippen molar-refractivity contribution in [2.24, 2.45) is 11.5 Å². The SMILES string of the molecule is Cl.NC[C@H](N)c1ccc(F)cc1F. The van der Waals surface area contributed by atoms with Crippen molar-refractivity contribution < 1.29 is 8.78 Å². The highest BCUT2D eigenvalue weighted by Crippen LogP contribution is 2.14. The quantitative estimate of drug-likeness (QED) is 0.771. The summed E-state index contributed by atoms with van der Waals surface area (Å²) in [5.74, 6) is -1.26. The van der Waals surface area contributed by atoms with Crippen molar-refractivity contribution in [1.82, 2.24) is 0 Å². The standard InChI is InChI=1S/C8H10F2N2.ClH/c9-5-1-2-6(7(10)3-5)8(12)4-11;/h1-3,8H,4,11-12H2;1H/t8-;/m0./s1. The number of halogens is 3. The van der Waals surface area contributed by atoms with Gasteiger partial charge in [-0.25, -0.2) is 8.78 Å². The average molecular weight is 209 g/mol. The van der Waals surface area contributed by atoms with E-state index in [0.29, 0.717) is 0 Å². The highest BCUT2D eigenvalue weighted by Gasteiger charge is 2.09. The number of nitrogens with two attached hydrogens (primary N) is 2. The van der Waals surface area contributed by atoms with Crippen LogP contribution >= 0.6 is 12.4 Å². The zero-order valence-corrected chi connectivity index (χ0v) is 7.65. The summed E-state index contributed by atoms with van der Waals surface area (Å²) in [5.41, 5.74) is 10.9. The van der Waals surface area contributed by atoms with Crippen molar-refractivity contribution in [1.29, 1.82) is 0 Å². The van der Waals surface area contributed by atoms with E-state index in [1.807, 2.05) is 0 Å². The minimum atomic E-state index is -0.645. The van der Waals surface area contributed by atoms with E-state index >= 15 is 0 Å². The summed E-state index contributed by atoms with van der Waals surface area (Å²) in [6.07, 6.45) is 0. The van der Waals surface area contributed by atoms with Crippen molar-refractivity contribution in [3.8, 4) is 0 Å². The van der Waals surface area contributed by atoms with Gasteiger partial charge in [0.25, 0.3) is 0 Å². The van der Waals surface area contributed by atoms with E-state index in [1.165, 1.54) is 6.07 Å². The zero-order valence-electron chi connectivity index (χ0n) is 6.84. The summed E-state index contributed by atoms with van der Waals surface area (Å²) in [5, 5.41) is 0. The van der Waals surface area contributed by atoms with Crippen LogP contribution in [0.25, 0.3) is 0 Å². The lowest BCUT2D eigenvalue weighted by atomic mass is 10.1. The van der Waals surface area contributed by atoms with Crippen molar-refractivity contribution in [3.05, 3.63) is 35.4 Å². The first-order chi connectivity index (χ1) is 5.65. The van der Waals surface area contributed by atoms with Gasteiger partial charge < -0.3 is 11.5 Å². The van der Waals surface area contributed by atoms with Gasteiger partial charge in [-0.3, -0.25) is 0 Å². The van der Waals surface area contributed by atoms with Crippen molar-refractivity contribution >= 4 is 12.4 Å². The number of rotatable bonds is 2. The lowest BCUT2D eigenvalue weighted by molar-refractivity contribution is 0.556. The number of hydrogen-bond donors (Lipinski definition) is 2. The van der Waals surface area contributed by atoms with Crippen LogP contribution in [0.5, 0.6) is 0 Å². The van der Waals surface area contributed by atoms with Gasteiger partial charge in [0.2, 0.25) is 0 Å². The van der Waals surface area contributed by atoms with Gasteiger partial charge in [0.05, 0.1) is 0 Å². The highest BCUT2D eigenvalue weighted by atomic mass is 35.5. The van der Waals surface area contributed by atoms with Crippen LogP contribution in [0.1, 0.15) is 11.6 Å². The van der Waals surface area contributed by atoms with Crippen LogP contribution in [0.3, 0.4) is 0 Å². The van der Waals surface area contributed by atoms with Crippen molar-refractivity contribution in [3.63, 3.8) is 0 Å². The number of benzene rings is 1. The van der Waals surface area contributed by atoms with E-state index in [4.69, 9.17) is 11.5 Å². The molecule has 74 valence electrons. The fraction of sp³-hybridized carbons (Fsp3) is 0.250. The molecule has 1 atom stereocenters. The summed E-state index contributed by atoms with van der Waals surface area (Å²) >= 11 is 0. The van der Waals surface area contributed by atoms with E-state index in [9.17, 15) is 8.78 Å². The minimum Gasteiger partial charge on any atom is -0.329 e. The Morgan fingerprint density at radius 3 is 2.38 bits per heavy atom. The topological polar surface area (TPSA) is 52.0 Å². The molecule has 0 heterocycles. The maximum absolute atomic E-state index is 12.9. The van der Waals surface area contributed by atoms with Crippen molar-refractivity contribution in [2.45, 2.75) is 6.04 Å². The van der Waals surface area contributed by atoms with Crippen LogP contribution in [-0.2, 0) is 0 Å². The van der Waals surface area contributed by atoms with Gasteiger partial charge in [-0.05, 0) is 6.07 Å². The van der Waals surface area contributed by atoms with Gasteiger partial charge in [0.1, 0.15) is 11.6 Å². The fourth-order valence-electron chi connectivity index (χ4n) is 0.929. The van der Waals surface area contributed by atoms with E-state index in [2.05, 4.69) is 0 Å². The molecule has 5 heteroatoms. The van der Waals surface area contributed by atoms with Crippen molar-refractivity contribution in [2.75, 3.05) is 6.54 Å². The molecule has 0 radical (unpaired) electrons. The lowest BCUT2D eigenvalue weighted by Gasteiger charge is -2.09. The molecule has 0 aliphatic rings. The van der Waals surface area contributed by atoms with Gasteiger partial charge in [-0.2, -0.15) is 0 Å². The average Bonchev–Trinajstić information content (AvgIpc) is 2.03. The van der Waals surface area contributed by atoms with E-state index in [0.717, 1.165) is 12.1 Å². The molecule has 2 nitrogen and oxygen atoms in total. The van der Waals surface area contributed by atoms with E-state index in [-0.39, 0.29) is 24.5 Å². The third kappa shape index (κ3) is 2.91. The smallest absolute Gasteiger partial charge is 0.130 e. The summed E-state index contributed by atoms with van der Waals surface area (Å²) in [6.45, 7) is 0.141. The predicted octanol–water partition coefficient (Wildman–Crippen LogP) is 1.35. The third-order valence-corrected chi connectivity index (χ3v) is 1.62. The molecule has 0 bridgehead atoms. The molecule has 0 saturated heterocycles. The van der Waals surface area contributed by atoms with Gasteiger partial charge >= 0.3 is 0 Å². The molecule has 0 aliphatic heterocycles. The molecule has 1 rings (SSSR count). The van der Waals surface area contributed by atoms with Gasteiger partial charge in [0.15, 0.2) is 0 Å². The molecular formula is C8H11ClF2N2. The van der Waals surface area contributed by atoms with Crippen LogP contribution in [-0.4, -0.2) is 6.54 Å². The second-order valence-corrected chi connectivity index (χ2v) is 2.51. The molecule has 0 aromatic heterocycles. The highest BCUT2D eigenvalue weighted by molar-refractivity contribution is 5.85. The molecule has 0 unspecified atom stereocenters. The molecule has 4 N–H and O–H groups in total. The van der Waals surface area contributed by atoms with Crippen LogP contribution in [0, 0.1) is 11.6 Å². The second-order valence-electron chi connectivity index (χ2n) is 2.51. The molecule has 0 fully saturated rings. The predicted molar refractivity (Wildman–Crippen MR) is 49.6 cm³/mol. The summed E-state index contributed by atoms with van der Waals surface area (Å²) in [4.78, 5) is 0. The Hall–Kier alpha value is -0.710. The first-order valence-corrected chi connectivity index (χ1v) is 3.55. The minimum absolute atomic E-state index is 0. The van der Waals surface area contributed by atoms with Gasteiger partial charge in [-0.1, -0.05) is 6.07 Å². The summed E-state index contributed by atoms with van der Waals surface area (Å²) in [7, 11) is 0. The van der Waals surface area contributed by atoms with E-state index in [1.54, 1.807) is 0 Å². The molecule has 1 aromatic carbocycles. The Bertz CT molecular complexity index is 281. The maximum Gasteiger partial charge on any atom is 0.130 e. The van der Waals surface area contributed by atoms with Gasteiger partial charge in [0, 0.05) is 24.2 Å². The van der Waals surface area contributed by atoms with Crippen LogP contribution in [0.15, 0.2) is 18.2 Å². The fourth-order valence-corrected chi connectivity index (χ4v) is 0.929. The Labute approximate surface area is 81.3 Å². The Morgan fingerprint density at radius 2 is 1.92 bits per heavy atom. The number of hydrogen-bond acceptors (Lipinski definition) is 2. The van der Waals surface area contributed by atoms with Gasteiger partial charge in [-0.15, -0.1) is 12.4 Å². The van der Waals surface area contributed by atoms with Crippen LogP contribution in [0.4, 0.5) is 8.78 Å². The summed E-state index contributed by atoms with van der Waals surface area (Å²) in [6, 6.07) is 2.70. The second kappa shape index (κ2) is 5.11. The molecule has 0 saturated carbocycles.